The summed E-state index contributed by atoms with van der Waals surface area (Å²) in [5.74, 6) is 0.650. The molecule has 2 N–H and O–H groups in total. The number of pyridine rings is 1. The molecule has 1 saturated carbocycles. The second kappa shape index (κ2) is 11.3. The average Bonchev–Trinajstić information content (AvgIpc) is 3.36. The lowest BCUT2D eigenvalue weighted by Crippen LogP contribution is -2.29. The van der Waals surface area contributed by atoms with Crippen LogP contribution in [0.25, 0.3) is 21.3 Å². The number of aromatic nitrogens is 4. The van der Waals surface area contributed by atoms with E-state index in [1.165, 1.54) is 5.56 Å². The Morgan fingerprint density at radius 2 is 1.64 bits per heavy atom. The lowest BCUT2D eigenvalue weighted by molar-refractivity contribution is 0.126. The van der Waals surface area contributed by atoms with E-state index in [0.29, 0.717) is 18.1 Å². The first-order valence-electron chi connectivity index (χ1n) is 13.2. The van der Waals surface area contributed by atoms with Crippen LogP contribution in [-0.4, -0.2) is 37.2 Å². The van der Waals surface area contributed by atoms with Crippen LogP contribution >= 0.6 is 11.3 Å². The van der Waals surface area contributed by atoms with E-state index < -0.39 is 0 Å². The Labute approximate surface area is 231 Å². The van der Waals surface area contributed by atoms with Crippen molar-refractivity contribution < 1.29 is 5.11 Å². The number of anilines is 1. The van der Waals surface area contributed by atoms with E-state index in [1.807, 2.05) is 36.4 Å². The number of hydrogen-bond donors (Lipinski definition) is 2. The van der Waals surface area contributed by atoms with Crippen LogP contribution in [0.2, 0.25) is 0 Å². The summed E-state index contributed by atoms with van der Waals surface area (Å²) in [5.41, 5.74) is 6.50. The summed E-state index contributed by atoms with van der Waals surface area (Å²) in [6.07, 6.45) is 6.33. The first-order chi connectivity index (χ1) is 19.1. The Morgan fingerprint density at radius 3 is 2.38 bits per heavy atom. The van der Waals surface area contributed by atoms with Gasteiger partial charge in [0.05, 0.1) is 32.7 Å². The van der Waals surface area contributed by atoms with Gasteiger partial charge in [-0.3, -0.25) is 0 Å². The van der Waals surface area contributed by atoms with E-state index in [2.05, 4.69) is 40.6 Å². The van der Waals surface area contributed by atoms with Gasteiger partial charge in [0.25, 0.3) is 0 Å². The maximum atomic E-state index is 9.89. The van der Waals surface area contributed by atoms with Gasteiger partial charge < -0.3 is 10.4 Å². The van der Waals surface area contributed by atoms with Gasteiger partial charge in [0.1, 0.15) is 11.8 Å². The Hall–Kier alpha value is -4.19. The van der Waals surface area contributed by atoms with Gasteiger partial charge in [-0.05, 0) is 67.1 Å². The molecule has 0 aliphatic heterocycles. The molecule has 39 heavy (non-hydrogen) atoms. The van der Waals surface area contributed by atoms with Crippen LogP contribution in [0.3, 0.4) is 0 Å². The molecule has 5 aromatic rings. The fourth-order valence-electron chi connectivity index (χ4n) is 5.02. The quantitative estimate of drug-likeness (QED) is 0.268. The molecule has 194 valence electrons. The minimum absolute atomic E-state index is 0.198. The fraction of sp³-hybridized carbons (Fsp3) is 0.258. The van der Waals surface area contributed by atoms with E-state index in [9.17, 15) is 5.11 Å². The fourth-order valence-corrected chi connectivity index (χ4v) is 6.04. The molecule has 3 heterocycles. The normalized spacial score (nSPS) is 17.1. The van der Waals surface area contributed by atoms with Crippen molar-refractivity contribution in [2.24, 2.45) is 0 Å². The first kappa shape index (κ1) is 25.1. The zero-order valence-electron chi connectivity index (χ0n) is 21.4. The first-order valence-corrected chi connectivity index (χ1v) is 14.0. The summed E-state index contributed by atoms with van der Waals surface area (Å²) in [5, 5.41) is 23.5. The number of rotatable bonds is 7. The third kappa shape index (κ3) is 6.11. The minimum atomic E-state index is -0.198. The van der Waals surface area contributed by atoms with Gasteiger partial charge in [-0.25, -0.2) is 19.9 Å². The van der Waals surface area contributed by atoms with E-state index in [0.717, 1.165) is 69.8 Å². The Kier molecular flexibility index (Phi) is 7.26. The van der Waals surface area contributed by atoms with Crippen LogP contribution in [0.1, 0.15) is 53.3 Å². The van der Waals surface area contributed by atoms with Crippen molar-refractivity contribution in [2.45, 2.75) is 50.7 Å². The second-order valence-electron chi connectivity index (χ2n) is 10.00. The summed E-state index contributed by atoms with van der Waals surface area (Å²) in [6.45, 7) is 0. The van der Waals surface area contributed by atoms with Crippen LogP contribution in [0, 0.1) is 11.3 Å². The molecule has 1 aliphatic carbocycles. The maximum absolute atomic E-state index is 9.89. The molecule has 0 radical (unpaired) electrons. The molecule has 0 bridgehead atoms. The highest BCUT2D eigenvalue weighted by atomic mass is 32.1. The zero-order valence-corrected chi connectivity index (χ0v) is 22.2. The number of hydrogen-bond acceptors (Lipinski definition) is 8. The van der Waals surface area contributed by atoms with Crippen molar-refractivity contribution in [3.63, 3.8) is 0 Å². The number of benzene rings is 2. The Morgan fingerprint density at radius 1 is 0.872 bits per heavy atom. The highest BCUT2D eigenvalue weighted by Gasteiger charge is 2.20. The number of nitriles is 1. The van der Waals surface area contributed by atoms with Crippen molar-refractivity contribution in [1.29, 1.82) is 5.26 Å². The van der Waals surface area contributed by atoms with Gasteiger partial charge in [0.2, 0.25) is 5.95 Å². The SMILES string of the molecule is N#Cc1ccc(-c2ccc3nc(Cc4cc(Cc5ccccc5)nc(NC5CCC(O)CC5)n4)sc3c2)cn1. The summed E-state index contributed by atoms with van der Waals surface area (Å²) >= 11 is 1.67. The summed E-state index contributed by atoms with van der Waals surface area (Å²) in [4.78, 5) is 18.8. The molecule has 0 unspecified atom stereocenters. The van der Waals surface area contributed by atoms with Crippen LogP contribution in [0.15, 0.2) is 72.9 Å². The Bertz CT molecular complexity index is 1620. The van der Waals surface area contributed by atoms with E-state index >= 15 is 0 Å². The standard InChI is InChI=1S/C31H28N6OS/c32-18-24-8-6-22(19-33-24)21-7-13-28-29(15-21)39-30(37-28)17-26-16-25(14-20-4-2-1-3-5-20)35-31(36-26)34-23-9-11-27(38)12-10-23/h1-8,13,15-16,19,23,27,38H,9-12,14,17H2,(H,34,35,36). The molecule has 3 aromatic heterocycles. The molecule has 6 rings (SSSR count). The molecular formula is C31H28N6OS. The third-order valence-corrected chi connectivity index (χ3v) is 8.08. The number of nitrogens with one attached hydrogen (secondary N) is 1. The van der Waals surface area contributed by atoms with Gasteiger partial charge in [0.15, 0.2) is 0 Å². The maximum Gasteiger partial charge on any atom is 0.223 e. The number of thiazole rings is 1. The van der Waals surface area contributed by atoms with Crippen LogP contribution < -0.4 is 5.32 Å². The van der Waals surface area contributed by atoms with E-state index in [4.69, 9.17) is 20.2 Å². The summed E-state index contributed by atoms with van der Waals surface area (Å²) in [6, 6.07) is 24.6. The molecule has 0 spiro atoms. The Balaban J connectivity index is 1.26. The van der Waals surface area contributed by atoms with E-state index in [-0.39, 0.29) is 12.1 Å². The number of fused-ring (bicyclic) bond motifs is 1. The van der Waals surface area contributed by atoms with Gasteiger partial charge in [-0.15, -0.1) is 11.3 Å². The number of aliphatic hydroxyl groups is 1. The van der Waals surface area contributed by atoms with Crippen molar-refractivity contribution >= 4 is 27.5 Å². The highest BCUT2D eigenvalue weighted by Crippen LogP contribution is 2.29. The molecule has 1 aliphatic rings. The van der Waals surface area contributed by atoms with Crippen LogP contribution in [0.5, 0.6) is 0 Å². The van der Waals surface area contributed by atoms with Crippen molar-refractivity contribution in [3.8, 4) is 17.2 Å². The monoisotopic (exact) mass is 532 g/mol. The van der Waals surface area contributed by atoms with Gasteiger partial charge in [-0.1, -0.05) is 36.4 Å². The van der Waals surface area contributed by atoms with Crippen LogP contribution in [-0.2, 0) is 12.8 Å². The average molecular weight is 533 g/mol. The zero-order chi connectivity index (χ0) is 26.6. The lowest BCUT2D eigenvalue weighted by Gasteiger charge is -2.26. The second-order valence-corrected chi connectivity index (χ2v) is 11.1. The summed E-state index contributed by atoms with van der Waals surface area (Å²) < 4.78 is 1.10. The molecule has 8 heteroatoms. The molecule has 0 amide bonds. The minimum Gasteiger partial charge on any atom is -0.393 e. The smallest absolute Gasteiger partial charge is 0.223 e. The van der Waals surface area contributed by atoms with Gasteiger partial charge in [0, 0.05) is 30.6 Å². The molecule has 7 nitrogen and oxygen atoms in total. The topological polar surface area (TPSA) is 108 Å². The summed E-state index contributed by atoms with van der Waals surface area (Å²) in [7, 11) is 0. The van der Waals surface area contributed by atoms with Gasteiger partial charge in [-0.2, -0.15) is 5.26 Å². The molecule has 0 saturated heterocycles. The van der Waals surface area contributed by atoms with Gasteiger partial charge >= 0.3 is 0 Å². The molecule has 1 fully saturated rings. The number of nitrogens with zero attached hydrogens (tertiary/aromatic N) is 5. The van der Waals surface area contributed by atoms with Crippen molar-refractivity contribution in [3.05, 3.63) is 101 Å². The lowest BCUT2D eigenvalue weighted by atomic mass is 9.93. The molecule has 2 aromatic carbocycles. The van der Waals surface area contributed by atoms with Crippen molar-refractivity contribution in [1.82, 2.24) is 19.9 Å². The molecule has 0 atom stereocenters. The van der Waals surface area contributed by atoms with E-state index in [1.54, 1.807) is 23.6 Å². The predicted octanol–water partition coefficient (Wildman–Crippen LogP) is 5.92. The van der Waals surface area contributed by atoms with Crippen LogP contribution in [0.4, 0.5) is 5.95 Å². The third-order valence-electron chi connectivity index (χ3n) is 7.07. The predicted molar refractivity (Wildman–Crippen MR) is 154 cm³/mol. The molecular weight excluding hydrogens is 504 g/mol. The highest BCUT2D eigenvalue weighted by molar-refractivity contribution is 7.18. The number of aliphatic hydroxyl groups excluding tert-OH is 1. The van der Waals surface area contributed by atoms with Crippen molar-refractivity contribution in [2.75, 3.05) is 5.32 Å². The largest absolute Gasteiger partial charge is 0.393 e.